The fraction of sp³-hybridized carbons (Fsp3) is 0.385. The highest BCUT2D eigenvalue weighted by atomic mass is 19.1. The third-order valence-corrected chi connectivity index (χ3v) is 2.62. The van der Waals surface area contributed by atoms with Crippen LogP contribution in [-0.4, -0.2) is 29.6 Å². The van der Waals surface area contributed by atoms with Crippen molar-refractivity contribution in [3.05, 3.63) is 29.6 Å². The molecule has 0 spiro atoms. The van der Waals surface area contributed by atoms with Crippen LogP contribution in [0.5, 0.6) is 0 Å². The van der Waals surface area contributed by atoms with Crippen molar-refractivity contribution < 1.29 is 19.1 Å². The lowest BCUT2D eigenvalue weighted by Gasteiger charge is -2.13. The Balaban J connectivity index is 2.69. The summed E-state index contributed by atoms with van der Waals surface area (Å²) in [5.41, 5.74) is 0.719. The zero-order valence-electron chi connectivity index (χ0n) is 10.9. The molecule has 1 rings (SSSR count). The fourth-order valence-corrected chi connectivity index (χ4v) is 1.44. The van der Waals surface area contributed by atoms with Crippen LogP contribution in [0.15, 0.2) is 18.2 Å². The number of aryl methyl sites for hydroxylation is 1. The number of benzene rings is 1. The summed E-state index contributed by atoms with van der Waals surface area (Å²) < 4.78 is 13.4. The van der Waals surface area contributed by atoms with Gasteiger partial charge in [0.1, 0.15) is 5.82 Å². The van der Waals surface area contributed by atoms with Gasteiger partial charge in [-0.05, 0) is 31.0 Å². The summed E-state index contributed by atoms with van der Waals surface area (Å²) >= 11 is 0. The molecule has 0 saturated carbocycles. The largest absolute Gasteiger partial charge is 0.394 e. The molecular formula is C13H17FN2O3. The van der Waals surface area contributed by atoms with E-state index in [2.05, 4.69) is 10.6 Å². The molecule has 0 aromatic heterocycles. The number of hydrogen-bond acceptors (Lipinski definition) is 3. The van der Waals surface area contributed by atoms with Gasteiger partial charge in [0, 0.05) is 0 Å². The standard InChI is InChI=1S/C13H17FN2O3/c1-3-9(7-17)15-12(18)13(19)16-11-6-8(2)4-5-10(11)14/h4-6,9,17H,3,7H2,1-2H3,(H,15,18)(H,16,19). The maximum atomic E-state index is 13.4. The highest BCUT2D eigenvalue weighted by molar-refractivity contribution is 6.39. The van der Waals surface area contributed by atoms with Crippen LogP contribution in [0.25, 0.3) is 0 Å². The molecule has 0 heterocycles. The minimum Gasteiger partial charge on any atom is -0.394 e. The third-order valence-electron chi connectivity index (χ3n) is 2.62. The number of aliphatic hydroxyl groups is 1. The quantitative estimate of drug-likeness (QED) is 0.712. The molecule has 5 nitrogen and oxygen atoms in total. The maximum Gasteiger partial charge on any atom is 0.313 e. The lowest BCUT2D eigenvalue weighted by molar-refractivity contribution is -0.136. The Morgan fingerprint density at radius 2 is 2.05 bits per heavy atom. The Hall–Kier alpha value is -1.95. The van der Waals surface area contributed by atoms with Crippen molar-refractivity contribution in [2.75, 3.05) is 11.9 Å². The first kappa shape index (κ1) is 15.1. The third kappa shape index (κ3) is 4.33. The first-order chi connectivity index (χ1) is 8.97. The van der Waals surface area contributed by atoms with Crippen LogP contribution in [0.1, 0.15) is 18.9 Å². The number of carbonyl (C=O) groups is 2. The Labute approximate surface area is 110 Å². The molecule has 1 unspecified atom stereocenters. The smallest absolute Gasteiger partial charge is 0.313 e. The van der Waals surface area contributed by atoms with E-state index in [9.17, 15) is 14.0 Å². The molecule has 3 N–H and O–H groups in total. The van der Waals surface area contributed by atoms with Gasteiger partial charge < -0.3 is 15.7 Å². The first-order valence-electron chi connectivity index (χ1n) is 5.96. The first-order valence-corrected chi connectivity index (χ1v) is 5.96. The monoisotopic (exact) mass is 268 g/mol. The molecule has 6 heteroatoms. The van der Waals surface area contributed by atoms with Crippen molar-refractivity contribution in [2.45, 2.75) is 26.3 Å². The van der Waals surface area contributed by atoms with Gasteiger partial charge in [-0.25, -0.2) is 4.39 Å². The van der Waals surface area contributed by atoms with E-state index in [-0.39, 0.29) is 12.3 Å². The minimum atomic E-state index is -0.962. The normalized spacial score (nSPS) is 11.8. The van der Waals surface area contributed by atoms with Gasteiger partial charge in [-0.3, -0.25) is 9.59 Å². The summed E-state index contributed by atoms with van der Waals surface area (Å²) in [7, 11) is 0. The summed E-state index contributed by atoms with van der Waals surface area (Å²) in [4.78, 5) is 23.1. The molecule has 0 aliphatic carbocycles. The molecule has 0 fully saturated rings. The van der Waals surface area contributed by atoms with Gasteiger partial charge in [0.25, 0.3) is 0 Å². The van der Waals surface area contributed by atoms with Crippen molar-refractivity contribution in [2.24, 2.45) is 0 Å². The molecule has 19 heavy (non-hydrogen) atoms. The SMILES string of the molecule is CCC(CO)NC(=O)C(=O)Nc1cc(C)ccc1F. The zero-order chi connectivity index (χ0) is 14.4. The molecule has 0 bridgehead atoms. The van der Waals surface area contributed by atoms with Crippen molar-refractivity contribution in [3.8, 4) is 0 Å². The summed E-state index contributed by atoms with van der Waals surface area (Å²) in [6, 6.07) is 3.72. The maximum absolute atomic E-state index is 13.4. The Bertz CT molecular complexity index is 473. The Kier molecular flexibility index (Phi) is 5.44. The average Bonchev–Trinajstić information content (AvgIpc) is 2.39. The van der Waals surface area contributed by atoms with Crippen LogP contribution in [0.4, 0.5) is 10.1 Å². The molecule has 2 amide bonds. The second-order valence-electron chi connectivity index (χ2n) is 4.20. The number of nitrogens with one attached hydrogen (secondary N) is 2. The molecule has 1 aromatic rings. The van der Waals surface area contributed by atoms with E-state index in [1.807, 2.05) is 0 Å². The fourth-order valence-electron chi connectivity index (χ4n) is 1.44. The molecule has 0 saturated heterocycles. The van der Waals surface area contributed by atoms with Crippen LogP contribution in [0.3, 0.4) is 0 Å². The van der Waals surface area contributed by atoms with Crippen LogP contribution in [0, 0.1) is 12.7 Å². The zero-order valence-corrected chi connectivity index (χ0v) is 10.9. The summed E-state index contributed by atoms with van der Waals surface area (Å²) in [6.45, 7) is 3.25. The molecule has 1 atom stereocenters. The van der Waals surface area contributed by atoms with Crippen molar-refractivity contribution in [1.82, 2.24) is 5.32 Å². The topological polar surface area (TPSA) is 78.4 Å². The number of aliphatic hydroxyl groups excluding tert-OH is 1. The van der Waals surface area contributed by atoms with E-state index in [1.54, 1.807) is 19.9 Å². The number of anilines is 1. The summed E-state index contributed by atoms with van der Waals surface area (Å²) in [5.74, 6) is -2.47. The van der Waals surface area contributed by atoms with Gasteiger partial charge in [-0.2, -0.15) is 0 Å². The van der Waals surface area contributed by atoms with E-state index in [1.165, 1.54) is 12.1 Å². The molecule has 104 valence electrons. The molecule has 1 aromatic carbocycles. The van der Waals surface area contributed by atoms with Crippen LogP contribution in [-0.2, 0) is 9.59 Å². The second-order valence-corrected chi connectivity index (χ2v) is 4.20. The summed E-state index contributed by atoms with van der Waals surface area (Å²) in [5, 5.41) is 13.5. The van der Waals surface area contributed by atoms with Crippen LogP contribution < -0.4 is 10.6 Å². The van der Waals surface area contributed by atoms with Crippen LogP contribution in [0.2, 0.25) is 0 Å². The lowest BCUT2D eigenvalue weighted by atomic mass is 10.2. The summed E-state index contributed by atoms with van der Waals surface area (Å²) in [6.07, 6.45) is 0.494. The Morgan fingerprint density at radius 1 is 1.37 bits per heavy atom. The predicted molar refractivity (Wildman–Crippen MR) is 69.1 cm³/mol. The van der Waals surface area contributed by atoms with Crippen molar-refractivity contribution in [3.63, 3.8) is 0 Å². The van der Waals surface area contributed by atoms with Gasteiger partial charge in [0.15, 0.2) is 0 Å². The number of rotatable bonds is 4. The van der Waals surface area contributed by atoms with E-state index < -0.39 is 23.7 Å². The molecule has 0 radical (unpaired) electrons. The minimum absolute atomic E-state index is 0.0443. The van der Waals surface area contributed by atoms with Gasteiger partial charge >= 0.3 is 11.8 Å². The van der Waals surface area contributed by atoms with Crippen LogP contribution >= 0.6 is 0 Å². The predicted octanol–water partition coefficient (Wildman–Crippen LogP) is 0.960. The van der Waals surface area contributed by atoms with E-state index >= 15 is 0 Å². The molecular weight excluding hydrogens is 251 g/mol. The Morgan fingerprint density at radius 3 is 2.63 bits per heavy atom. The van der Waals surface area contributed by atoms with Gasteiger partial charge in [0.2, 0.25) is 0 Å². The van der Waals surface area contributed by atoms with Gasteiger partial charge in [-0.15, -0.1) is 0 Å². The van der Waals surface area contributed by atoms with Crippen molar-refractivity contribution >= 4 is 17.5 Å². The highest BCUT2D eigenvalue weighted by Gasteiger charge is 2.18. The van der Waals surface area contributed by atoms with E-state index in [4.69, 9.17) is 5.11 Å². The number of amides is 2. The van der Waals surface area contributed by atoms with E-state index in [0.717, 1.165) is 5.56 Å². The molecule has 0 aliphatic rings. The second kappa shape index (κ2) is 6.84. The molecule has 0 aliphatic heterocycles. The number of hydrogen-bond donors (Lipinski definition) is 3. The van der Waals surface area contributed by atoms with E-state index in [0.29, 0.717) is 6.42 Å². The average molecular weight is 268 g/mol. The van der Waals surface area contributed by atoms with Gasteiger partial charge in [0.05, 0.1) is 18.3 Å². The number of carbonyl (C=O) groups excluding carboxylic acids is 2. The van der Waals surface area contributed by atoms with Gasteiger partial charge in [-0.1, -0.05) is 13.0 Å². The van der Waals surface area contributed by atoms with Crippen molar-refractivity contribution in [1.29, 1.82) is 0 Å². The number of halogens is 1. The lowest BCUT2D eigenvalue weighted by Crippen LogP contribution is -2.43. The highest BCUT2D eigenvalue weighted by Crippen LogP contribution is 2.15.